The van der Waals surface area contributed by atoms with Crippen molar-refractivity contribution in [3.05, 3.63) is 53.6 Å². The van der Waals surface area contributed by atoms with Gasteiger partial charge in [-0.1, -0.05) is 24.3 Å². The summed E-state index contributed by atoms with van der Waals surface area (Å²) in [4.78, 5) is 2.11. The number of hydrogen-bond donors (Lipinski definition) is 2. The minimum absolute atomic E-state index is 0.276. The van der Waals surface area contributed by atoms with E-state index < -0.39 is 0 Å². The highest BCUT2D eigenvalue weighted by Gasteiger charge is 2.25. The highest BCUT2D eigenvalue weighted by molar-refractivity contribution is 5.70. The van der Waals surface area contributed by atoms with E-state index in [1.807, 2.05) is 12.1 Å². The van der Waals surface area contributed by atoms with Crippen LogP contribution in [0.25, 0.3) is 0 Å². The Morgan fingerprint density at radius 3 is 2.70 bits per heavy atom. The zero-order valence-corrected chi connectivity index (χ0v) is 11.9. The maximum absolute atomic E-state index is 9.92. The van der Waals surface area contributed by atoms with Gasteiger partial charge in [0.2, 0.25) is 0 Å². The van der Waals surface area contributed by atoms with Crippen molar-refractivity contribution in [3.8, 4) is 5.75 Å². The number of hydrogen-bond acceptors (Lipinski definition) is 3. The van der Waals surface area contributed by atoms with Gasteiger partial charge in [0.05, 0.1) is 17.4 Å². The molecule has 1 aliphatic carbocycles. The maximum Gasteiger partial charge on any atom is 0.119 e. The van der Waals surface area contributed by atoms with Crippen LogP contribution in [0.3, 0.4) is 0 Å². The van der Waals surface area contributed by atoms with Gasteiger partial charge in [0.1, 0.15) is 5.75 Å². The smallest absolute Gasteiger partial charge is 0.119 e. The van der Waals surface area contributed by atoms with Crippen LogP contribution >= 0.6 is 0 Å². The van der Waals surface area contributed by atoms with Crippen molar-refractivity contribution in [2.75, 3.05) is 24.3 Å². The molecule has 3 nitrogen and oxygen atoms in total. The first-order valence-corrected chi connectivity index (χ1v) is 7.00. The number of nitrogens with one attached hydrogen (secondary N) is 1. The highest BCUT2D eigenvalue weighted by Crippen LogP contribution is 2.39. The van der Waals surface area contributed by atoms with E-state index in [1.54, 1.807) is 6.07 Å². The lowest BCUT2D eigenvalue weighted by molar-refractivity contribution is 0.469. The fraction of sp³-hybridized carbons (Fsp3) is 0.294. The van der Waals surface area contributed by atoms with E-state index in [0.717, 1.165) is 24.1 Å². The Balaban J connectivity index is 1.90. The molecule has 0 aromatic heterocycles. The molecule has 0 saturated carbocycles. The van der Waals surface area contributed by atoms with Gasteiger partial charge in [-0.25, -0.2) is 0 Å². The first kappa shape index (κ1) is 12.9. The summed E-state index contributed by atoms with van der Waals surface area (Å²) in [6, 6.07) is 14.4. The highest BCUT2D eigenvalue weighted by atomic mass is 16.3. The minimum atomic E-state index is 0.276. The molecule has 104 valence electrons. The van der Waals surface area contributed by atoms with Gasteiger partial charge in [-0.2, -0.15) is 0 Å². The Bertz CT molecular complexity index is 622. The number of benzene rings is 2. The summed E-state index contributed by atoms with van der Waals surface area (Å²) in [5.74, 6) is 0.424. The Hall–Kier alpha value is -2.16. The third-order valence-electron chi connectivity index (χ3n) is 3.96. The second-order valence-corrected chi connectivity index (χ2v) is 5.49. The molecular formula is C17H20N2O. The number of nitrogens with zero attached hydrogens (tertiary/aromatic N) is 1. The zero-order valence-electron chi connectivity index (χ0n) is 11.9. The molecule has 20 heavy (non-hydrogen) atoms. The Labute approximate surface area is 119 Å². The van der Waals surface area contributed by atoms with Gasteiger partial charge < -0.3 is 15.3 Å². The van der Waals surface area contributed by atoms with Crippen molar-refractivity contribution < 1.29 is 5.11 Å². The predicted octanol–water partition coefficient (Wildman–Crippen LogP) is 3.56. The zero-order chi connectivity index (χ0) is 14.1. The summed E-state index contributed by atoms with van der Waals surface area (Å²) in [6.07, 6.45) is 1.96. The van der Waals surface area contributed by atoms with E-state index in [9.17, 15) is 5.11 Å². The number of para-hydroxylation sites is 2. The molecule has 2 aromatic rings. The lowest BCUT2D eigenvalue weighted by atomic mass is 10.1. The number of fused-ring (bicyclic) bond motifs is 1. The van der Waals surface area contributed by atoms with Crippen molar-refractivity contribution >= 4 is 11.4 Å². The molecule has 0 bridgehead atoms. The first-order valence-electron chi connectivity index (χ1n) is 7.00. The summed E-state index contributed by atoms with van der Waals surface area (Å²) in [5.41, 5.74) is 4.63. The molecule has 3 rings (SSSR count). The Kier molecular flexibility index (Phi) is 3.26. The van der Waals surface area contributed by atoms with Gasteiger partial charge in [-0.15, -0.1) is 0 Å². The molecule has 0 radical (unpaired) electrons. The lowest BCUT2D eigenvalue weighted by Crippen LogP contribution is -2.14. The van der Waals surface area contributed by atoms with Crippen molar-refractivity contribution in [1.82, 2.24) is 0 Å². The normalized spacial score (nSPS) is 16.8. The first-order chi connectivity index (χ1) is 9.66. The monoisotopic (exact) mass is 268 g/mol. The molecule has 0 saturated heterocycles. The molecule has 1 aliphatic rings. The van der Waals surface area contributed by atoms with Crippen molar-refractivity contribution in [1.29, 1.82) is 0 Å². The van der Waals surface area contributed by atoms with Crippen LogP contribution in [0.5, 0.6) is 5.75 Å². The van der Waals surface area contributed by atoms with Gasteiger partial charge in [0.15, 0.2) is 0 Å². The molecule has 0 fully saturated rings. The van der Waals surface area contributed by atoms with Crippen LogP contribution in [0.1, 0.15) is 23.6 Å². The Morgan fingerprint density at radius 2 is 1.90 bits per heavy atom. The third-order valence-corrected chi connectivity index (χ3v) is 3.96. The van der Waals surface area contributed by atoms with Crippen LogP contribution in [0.2, 0.25) is 0 Å². The second-order valence-electron chi connectivity index (χ2n) is 5.49. The van der Waals surface area contributed by atoms with E-state index in [0.29, 0.717) is 5.75 Å². The van der Waals surface area contributed by atoms with E-state index in [2.05, 4.69) is 48.6 Å². The van der Waals surface area contributed by atoms with Crippen LogP contribution in [0, 0.1) is 0 Å². The van der Waals surface area contributed by atoms with Crippen LogP contribution in [-0.2, 0) is 6.42 Å². The van der Waals surface area contributed by atoms with Gasteiger partial charge >= 0.3 is 0 Å². The van der Waals surface area contributed by atoms with Crippen molar-refractivity contribution in [3.63, 3.8) is 0 Å². The molecule has 0 heterocycles. The summed E-state index contributed by atoms with van der Waals surface area (Å²) >= 11 is 0. The summed E-state index contributed by atoms with van der Waals surface area (Å²) in [6.45, 7) is 0. The topological polar surface area (TPSA) is 35.5 Å². The summed E-state index contributed by atoms with van der Waals surface area (Å²) in [5, 5.41) is 13.5. The minimum Gasteiger partial charge on any atom is -0.508 e. The lowest BCUT2D eigenvalue weighted by Gasteiger charge is -2.22. The third kappa shape index (κ3) is 2.20. The molecule has 2 N–H and O–H groups in total. The van der Waals surface area contributed by atoms with Crippen LogP contribution in [0.15, 0.2) is 42.5 Å². The van der Waals surface area contributed by atoms with Crippen LogP contribution in [0.4, 0.5) is 11.4 Å². The number of phenolic OH excluding ortho intramolecular Hbond substituents is 1. The second kappa shape index (κ2) is 5.08. The van der Waals surface area contributed by atoms with E-state index >= 15 is 0 Å². The maximum atomic E-state index is 9.92. The molecule has 0 amide bonds. The van der Waals surface area contributed by atoms with Gasteiger partial charge in [-0.3, -0.25) is 0 Å². The molecular weight excluding hydrogens is 248 g/mol. The van der Waals surface area contributed by atoms with E-state index in [-0.39, 0.29) is 6.04 Å². The van der Waals surface area contributed by atoms with E-state index in [1.165, 1.54) is 11.3 Å². The average molecular weight is 268 g/mol. The molecule has 0 aliphatic heterocycles. The summed E-state index contributed by atoms with van der Waals surface area (Å²) in [7, 11) is 4.10. The number of phenols is 1. The standard InChI is InChI=1S/C17H20N2O/c1-19(2)16-8-4-3-7-15(16)18-14-11-10-13-12(14)6-5-9-17(13)20/h3-9,14,18,20H,10-11H2,1-2H3. The Morgan fingerprint density at radius 1 is 1.10 bits per heavy atom. The largest absolute Gasteiger partial charge is 0.508 e. The SMILES string of the molecule is CN(C)c1ccccc1NC1CCc2c(O)cccc21. The molecule has 1 unspecified atom stereocenters. The van der Waals surface area contributed by atoms with Gasteiger partial charge in [0, 0.05) is 14.1 Å². The fourth-order valence-corrected chi connectivity index (χ4v) is 2.96. The number of rotatable bonds is 3. The average Bonchev–Trinajstić information content (AvgIpc) is 2.84. The molecule has 0 spiro atoms. The molecule has 1 atom stereocenters. The van der Waals surface area contributed by atoms with Crippen molar-refractivity contribution in [2.24, 2.45) is 0 Å². The molecule has 3 heteroatoms. The van der Waals surface area contributed by atoms with E-state index in [4.69, 9.17) is 0 Å². The molecule has 2 aromatic carbocycles. The van der Waals surface area contributed by atoms with Gasteiger partial charge in [-0.05, 0) is 42.2 Å². The van der Waals surface area contributed by atoms with Crippen LogP contribution < -0.4 is 10.2 Å². The number of aromatic hydroxyl groups is 1. The summed E-state index contributed by atoms with van der Waals surface area (Å²) < 4.78 is 0. The fourth-order valence-electron chi connectivity index (χ4n) is 2.96. The van der Waals surface area contributed by atoms with Crippen molar-refractivity contribution in [2.45, 2.75) is 18.9 Å². The predicted molar refractivity (Wildman–Crippen MR) is 83.6 cm³/mol. The van der Waals surface area contributed by atoms with Gasteiger partial charge in [0.25, 0.3) is 0 Å². The quantitative estimate of drug-likeness (QED) is 0.893. The van der Waals surface area contributed by atoms with Crippen LogP contribution in [-0.4, -0.2) is 19.2 Å². The number of anilines is 2.